The third kappa shape index (κ3) is 4.64. The van der Waals surface area contributed by atoms with E-state index in [1.807, 2.05) is 31.3 Å². The minimum atomic E-state index is 0.278. The normalized spacial score (nSPS) is 12.4. The molecule has 0 aliphatic rings. The zero-order valence-electron chi connectivity index (χ0n) is 10.9. The number of allylic oxidation sites excluding steroid dienone is 1. The molecule has 0 aliphatic heterocycles. The molecule has 0 radical (unpaired) electrons. The van der Waals surface area contributed by atoms with E-state index in [1.54, 1.807) is 0 Å². The van der Waals surface area contributed by atoms with Gasteiger partial charge in [-0.05, 0) is 37.9 Å². The van der Waals surface area contributed by atoms with Gasteiger partial charge in [-0.3, -0.25) is 0 Å². The van der Waals surface area contributed by atoms with Crippen LogP contribution in [0.3, 0.4) is 0 Å². The van der Waals surface area contributed by atoms with Gasteiger partial charge in [-0.15, -0.1) is 6.58 Å². The Morgan fingerprint density at radius 1 is 1.28 bits per heavy atom. The summed E-state index contributed by atoms with van der Waals surface area (Å²) in [5.41, 5.74) is 1.09. The third-order valence-corrected chi connectivity index (χ3v) is 3.94. The van der Waals surface area contributed by atoms with Crippen molar-refractivity contribution in [3.05, 3.63) is 46.5 Å². The van der Waals surface area contributed by atoms with Crippen LogP contribution in [0.15, 0.2) is 30.9 Å². The average molecular weight is 286 g/mol. The van der Waals surface area contributed by atoms with E-state index in [1.165, 1.54) is 19.3 Å². The molecule has 1 aromatic carbocycles. The summed E-state index contributed by atoms with van der Waals surface area (Å²) in [7, 11) is 1.96. The summed E-state index contributed by atoms with van der Waals surface area (Å²) in [6, 6.07) is 6.09. The van der Waals surface area contributed by atoms with Crippen LogP contribution in [-0.2, 0) is 0 Å². The fourth-order valence-corrected chi connectivity index (χ4v) is 2.50. The van der Waals surface area contributed by atoms with Crippen LogP contribution in [0.4, 0.5) is 0 Å². The van der Waals surface area contributed by atoms with Gasteiger partial charge >= 0.3 is 0 Å². The molecule has 1 atom stereocenters. The van der Waals surface area contributed by atoms with E-state index in [2.05, 4.69) is 11.9 Å². The van der Waals surface area contributed by atoms with E-state index in [9.17, 15) is 0 Å². The maximum absolute atomic E-state index is 6.24. The highest BCUT2D eigenvalue weighted by atomic mass is 35.5. The van der Waals surface area contributed by atoms with Gasteiger partial charge in [0.05, 0.1) is 10.0 Å². The smallest absolute Gasteiger partial charge is 0.0640 e. The molecule has 1 rings (SSSR count). The molecule has 0 spiro atoms. The number of nitrogens with one attached hydrogen (secondary N) is 1. The minimum absolute atomic E-state index is 0.278. The Bertz CT molecular complexity index is 377. The zero-order valence-corrected chi connectivity index (χ0v) is 12.4. The van der Waals surface area contributed by atoms with Gasteiger partial charge in [-0.1, -0.05) is 54.3 Å². The Morgan fingerprint density at radius 3 is 2.72 bits per heavy atom. The summed E-state index contributed by atoms with van der Waals surface area (Å²) in [6.45, 7) is 3.73. The summed E-state index contributed by atoms with van der Waals surface area (Å²) >= 11 is 12.3. The van der Waals surface area contributed by atoms with Gasteiger partial charge < -0.3 is 5.32 Å². The summed E-state index contributed by atoms with van der Waals surface area (Å²) in [6.07, 6.45) is 7.77. The SMILES string of the molecule is C=CCCCCCC(NC)c1cccc(Cl)c1Cl. The summed E-state index contributed by atoms with van der Waals surface area (Å²) < 4.78 is 0. The first kappa shape index (κ1) is 15.6. The van der Waals surface area contributed by atoms with Gasteiger partial charge in [-0.2, -0.15) is 0 Å². The fourth-order valence-electron chi connectivity index (χ4n) is 2.06. The van der Waals surface area contributed by atoms with E-state index in [4.69, 9.17) is 23.2 Å². The Balaban J connectivity index is 2.55. The standard InChI is InChI=1S/C15H21Cl2N/c1-3-4-5-6-7-11-14(18-2)12-9-8-10-13(16)15(12)17/h3,8-10,14,18H,1,4-7,11H2,2H3. The first-order valence-corrected chi connectivity index (χ1v) is 7.18. The van der Waals surface area contributed by atoms with E-state index in [-0.39, 0.29) is 6.04 Å². The Kier molecular flexibility index (Phi) is 7.41. The van der Waals surface area contributed by atoms with Gasteiger partial charge in [0.1, 0.15) is 0 Å². The highest BCUT2D eigenvalue weighted by Crippen LogP contribution is 2.32. The van der Waals surface area contributed by atoms with Crippen LogP contribution < -0.4 is 5.32 Å². The summed E-state index contributed by atoms with van der Waals surface area (Å²) in [5.74, 6) is 0. The van der Waals surface area contributed by atoms with E-state index < -0.39 is 0 Å². The predicted octanol–water partition coefficient (Wildman–Crippen LogP) is 5.39. The van der Waals surface area contributed by atoms with Crippen LogP contribution in [0.5, 0.6) is 0 Å². The molecule has 0 heterocycles. The van der Waals surface area contributed by atoms with Crippen molar-refractivity contribution in [3.63, 3.8) is 0 Å². The third-order valence-electron chi connectivity index (χ3n) is 3.11. The van der Waals surface area contributed by atoms with Gasteiger partial charge in [0.2, 0.25) is 0 Å². The van der Waals surface area contributed by atoms with Crippen LogP contribution in [-0.4, -0.2) is 7.05 Å². The first-order chi connectivity index (χ1) is 8.70. The summed E-state index contributed by atoms with van der Waals surface area (Å²) in [4.78, 5) is 0. The number of benzene rings is 1. The second-order valence-electron chi connectivity index (χ2n) is 4.41. The number of hydrogen-bond acceptors (Lipinski definition) is 1. The molecule has 0 saturated carbocycles. The molecule has 1 nitrogen and oxygen atoms in total. The minimum Gasteiger partial charge on any atom is -0.313 e. The van der Waals surface area contributed by atoms with E-state index in [0.717, 1.165) is 18.4 Å². The van der Waals surface area contributed by atoms with Crippen molar-refractivity contribution in [2.24, 2.45) is 0 Å². The lowest BCUT2D eigenvalue weighted by Crippen LogP contribution is -2.16. The molecule has 18 heavy (non-hydrogen) atoms. The Morgan fingerprint density at radius 2 is 2.06 bits per heavy atom. The molecular formula is C15H21Cl2N. The van der Waals surface area contributed by atoms with Crippen LogP contribution >= 0.6 is 23.2 Å². The van der Waals surface area contributed by atoms with Crippen molar-refractivity contribution < 1.29 is 0 Å². The van der Waals surface area contributed by atoms with Crippen molar-refractivity contribution in [3.8, 4) is 0 Å². The average Bonchev–Trinajstić information content (AvgIpc) is 2.38. The lowest BCUT2D eigenvalue weighted by molar-refractivity contribution is 0.508. The number of halogens is 2. The molecular weight excluding hydrogens is 265 g/mol. The molecule has 0 bridgehead atoms. The number of unbranched alkanes of at least 4 members (excludes halogenated alkanes) is 3. The van der Waals surface area contributed by atoms with Gasteiger partial charge in [0, 0.05) is 6.04 Å². The van der Waals surface area contributed by atoms with Crippen molar-refractivity contribution in [1.82, 2.24) is 5.32 Å². The largest absolute Gasteiger partial charge is 0.313 e. The van der Waals surface area contributed by atoms with Crippen molar-refractivity contribution in [2.45, 2.75) is 38.1 Å². The molecule has 0 fully saturated rings. The zero-order chi connectivity index (χ0) is 13.4. The maximum Gasteiger partial charge on any atom is 0.0640 e. The summed E-state index contributed by atoms with van der Waals surface area (Å²) in [5, 5.41) is 4.61. The van der Waals surface area contributed by atoms with Gasteiger partial charge in [0.15, 0.2) is 0 Å². The first-order valence-electron chi connectivity index (χ1n) is 6.42. The molecule has 100 valence electrons. The highest BCUT2D eigenvalue weighted by Gasteiger charge is 2.13. The van der Waals surface area contributed by atoms with Crippen LogP contribution in [0.2, 0.25) is 10.0 Å². The molecule has 1 N–H and O–H groups in total. The maximum atomic E-state index is 6.24. The van der Waals surface area contributed by atoms with Crippen LogP contribution in [0.1, 0.15) is 43.7 Å². The molecule has 3 heteroatoms. The highest BCUT2D eigenvalue weighted by molar-refractivity contribution is 6.42. The van der Waals surface area contributed by atoms with Crippen molar-refractivity contribution in [2.75, 3.05) is 7.05 Å². The number of rotatable bonds is 8. The number of hydrogen-bond donors (Lipinski definition) is 1. The molecule has 1 unspecified atom stereocenters. The topological polar surface area (TPSA) is 12.0 Å². The quantitative estimate of drug-likeness (QED) is 0.499. The lowest BCUT2D eigenvalue weighted by atomic mass is 10.00. The second-order valence-corrected chi connectivity index (χ2v) is 5.20. The fraction of sp³-hybridized carbons (Fsp3) is 0.467. The van der Waals surface area contributed by atoms with Crippen molar-refractivity contribution >= 4 is 23.2 Å². The second kappa shape index (κ2) is 8.58. The molecule has 0 amide bonds. The van der Waals surface area contributed by atoms with Gasteiger partial charge in [0.25, 0.3) is 0 Å². The molecule has 1 aromatic rings. The van der Waals surface area contributed by atoms with Crippen LogP contribution in [0.25, 0.3) is 0 Å². The molecule has 0 aliphatic carbocycles. The lowest BCUT2D eigenvalue weighted by Gasteiger charge is -2.18. The van der Waals surface area contributed by atoms with E-state index >= 15 is 0 Å². The van der Waals surface area contributed by atoms with Gasteiger partial charge in [-0.25, -0.2) is 0 Å². The Labute approximate surface area is 120 Å². The Hall–Kier alpha value is -0.500. The van der Waals surface area contributed by atoms with Crippen molar-refractivity contribution in [1.29, 1.82) is 0 Å². The molecule has 0 saturated heterocycles. The van der Waals surface area contributed by atoms with E-state index in [0.29, 0.717) is 10.0 Å². The predicted molar refractivity (Wildman–Crippen MR) is 81.5 cm³/mol. The molecule has 0 aromatic heterocycles. The monoisotopic (exact) mass is 285 g/mol. The van der Waals surface area contributed by atoms with Crippen LogP contribution in [0, 0.1) is 0 Å².